The van der Waals surface area contributed by atoms with Crippen molar-refractivity contribution in [2.24, 2.45) is 17.8 Å². The van der Waals surface area contributed by atoms with E-state index in [1.165, 1.54) is 0 Å². The first-order valence-corrected chi connectivity index (χ1v) is 7.81. The zero-order valence-electron chi connectivity index (χ0n) is 12.4. The lowest BCUT2D eigenvalue weighted by Crippen LogP contribution is -2.45. The van der Waals surface area contributed by atoms with E-state index in [0.29, 0.717) is 11.8 Å². The highest BCUT2D eigenvalue weighted by atomic mass is 16.5. The van der Waals surface area contributed by atoms with E-state index in [2.05, 4.69) is 5.32 Å². The molecule has 1 aliphatic carbocycles. The summed E-state index contributed by atoms with van der Waals surface area (Å²) in [6.07, 6.45) is 2.28. The number of hydrogen-bond acceptors (Lipinski definition) is 3. The van der Waals surface area contributed by atoms with Crippen molar-refractivity contribution in [1.29, 1.82) is 0 Å². The topological polar surface area (TPSA) is 58.6 Å². The molecule has 1 aromatic carbocycles. The minimum Gasteiger partial charge on any atom is -0.493 e. The molecule has 1 saturated heterocycles. The highest BCUT2D eigenvalue weighted by Crippen LogP contribution is 2.47. The van der Waals surface area contributed by atoms with Gasteiger partial charge in [0.15, 0.2) is 0 Å². The summed E-state index contributed by atoms with van der Waals surface area (Å²) in [6, 6.07) is 8.02. The van der Waals surface area contributed by atoms with Crippen LogP contribution in [0.1, 0.15) is 31.2 Å². The summed E-state index contributed by atoms with van der Waals surface area (Å²) in [7, 11) is 0. The van der Waals surface area contributed by atoms with E-state index < -0.39 is 5.97 Å². The van der Waals surface area contributed by atoms with E-state index in [4.69, 9.17) is 4.74 Å². The minimum absolute atomic E-state index is 0.108. The molecule has 2 unspecified atom stereocenters. The Bertz CT molecular complexity index is 509. The summed E-state index contributed by atoms with van der Waals surface area (Å²) >= 11 is 0. The lowest BCUT2D eigenvalue weighted by atomic mass is 9.83. The third kappa shape index (κ3) is 3.38. The van der Waals surface area contributed by atoms with Crippen molar-refractivity contribution in [1.82, 2.24) is 5.32 Å². The van der Waals surface area contributed by atoms with Crippen molar-refractivity contribution in [3.8, 4) is 5.75 Å². The molecule has 2 aliphatic rings. The number of hydrogen-bond donors (Lipinski definition) is 2. The van der Waals surface area contributed by atoms with Crippen LogP contribution in [0.5, 0.6) is 5.75 Å². The Labute approximate surface area is 125 Å². The van der Waals surface area contributed by atoms with Crippen molar-refractivity contribution in [3.05, 3.63) is 29.8 Å². The second kappa shape index (κ2) is 6.06. The standard InChI is InChI=1S/C17H23NO3/c1-11(17(19)20)16(13-5-6-13)14-3-2-4-15(7-14)21-10-12-8-18-9-12/h2-4,7,11-13,16,18H,5-6,8-10H2,1H3,(H,19,20). The molecule has 21 heavy (non-hydrogen) atoms. The molecule has 3 rings (SSSR count). The van der Waals surface area contributed by atoms with Crippen LogP contribution in [0.25, 0.3) is 0 Å². The van der Waals surface area contributed by atoms with E-state index in [9.17, 15) is 9.90 Å². The average Bonchev–Trinajstić information content (AvgIpc) is 3.22. The van der Waals surface area contributed by atoms with Gasteiger partial charge in [-0.1, -0.05) is 19.1 Å². The summed E-state index contributed by atoms with van der Waals surface area (Å²) < 4.78 is 5.85. The Balaban J connectivity index is 1.71. The van der Waals surface area contributed by atoms with Gasteiger partial charge >= 0.3 is 5.97 Å². The predicted molar refractivity (Wildman–Crippen MR) is 80.6 cm³/mol. The summed E-state index contributed by atoms with van der Waals surface area (Å²) in [5.41, 5.74) is 1.11. The number of ether oxygens (including phenoxy) is 1. The molecule has 1 aromatic rings. The maximum atomic E-state index is 11.4. The Morgan fingerprint density at radius 2 is 2.19 bits per heavy atom. The fourth-order valence-electron chi connectivity index (χ4n) is 3.07. The number of carboxylic acids is 1. The maximum Gasteiger partial charge on any atom is 0.306 e. The lowest BCUT2D eigenvalue weighted by molar-refractivity contribution is -0.142. The van der Waals surface area contributed by atoms with E-state index in [0.717, 1.165) is 43.9 Å². The first kappa shape index (κ1) is 14.4. The minimum atomic E-state index is -0.709. The van der Waals surface area contributed by atoms with Gasteiger partial charge in [-0.15, -0.1) is 0 Å². The number of carboxylic acid groups (broad SMARTS) is 1. The molecule has 0 amide bonds. The Morgan fingerprint density at radius 1 is 1.43 bits per heavy atom. The molecule has 1 heterocycles. The molecular weight excluding hydrogens is 266 g/mol. The number of rotatable bonds is 7. The smallest absolute Gasteiger partial charge is 0.306 e. The zero-order chi connectivity index (χ0) is 14.8. The Hall–Kier alpha value is -1.55. The highest BCUT2D eigenvalue weighted by Gasteiger charge is 2.38. The third-order valence-electron chi connectivity index (χ3n) is 4.65. The van der Waals surface area contributed by atoms with Crippen molar-refractivity contribution in [2.45, 2.75) is 25.7 Å². The molecular formula is C17H23NO3. The van der Waals surface area contributed by atoms with E-state index in [-0.39, 0.29) is 11.8 Å². The molecule has 2 atom stereocenters. The summed E-state index contributed by atoms with van der Waals surface area (Å²) in [6.45, 7) is 4.61. The van der Waals surface area contributed by atoms with Crippen molar-refractivity contribution >= 4 is 5.97 Å². The average molecular weight is 289 g/mol. The van der Waals surface area contributed by atoms with Gasteiger partial charge in [-0.05, 0) is 42.4 Å². The van der Waals surface area contributed by atoms with E-state index in [1.807, 2.05) is 31.2 Å². The molecule has 0 bridgehead atoms. The van der Waals surface area contributed by atoms with Gasteiger partial charge in [0.25, 0.3) is 0 Å². The summed E-state index contributed by atoms with van der Waals surface area (Å²) in [4.78, 5) is 11.4. The van der Waals surface area contributed by atoms with E-state index in [1.54, 1.807) is 0 Å². The molecule has 0 radical (unpaired) electrons. The molecule has 2 fully saturated rings. The van der Waals surface area contributed by atoms with Crippen molar-refractivity contribution in [2.75, 3.05) is 19.7 Å². The largest absolute Gasteiger partial charge is 0.493 e. The molecule has 1 aliphatic heterocycles. The maximum absolute atomic E-state index is 11.4. The van der Waals surface area contributed by atoms with Crippen LogP contribution in [0.4, 0.5) is 0 Å². The van der Waals surface area contributed by atoms with Gasteiger partial charge in [-0.3, -0.25) is 4.79 Å². The molecule has 0 spiro atoms. The molecule has 4 nitrogen and oxygen atoms in total. The van der Waals surface area contributed by atoms with Crippen molar-refractivity contribution < 1.29 is 14.6 Å². The van der Waals surface area contributed by atoms with Gasteiger partial charge in [0.2, 0.25) is 0 Å². The van der Waals surface area contributed by atoms with Crippen LogP contribution in [-0.2, 0) is 4.79 Å². The third-order valence-corrected chi connectivity index (χ3v) is 4.65. The number of nitrogens with one attached hydrogen (secondary N) is 1. The molecule has 2 N–H and O–H groups in total. The predicted octanol–water partition coefficient (Wildman–Crippen LogP) is 2.50. The van der Waals surface area contributed by atoms with Crippen LogP contribution in [0.15, 0.2) is 24.3 Å². The number of carbonyl (C=O) groups is 1. The second-order valence-corrected chi connectivity index (χ2v) is 6.40. The van der Waals surface area contributed by atoms with E-state index >= 15 is 0 Å². The van der Waals surface area contributed by atoms with Gasteiger partial charge in [0.05, 0.1) is 12.5 Å². The van der Waals surface area contributed by atoms with Crippen LogP contribution < -0.4 is 10.1 Å². The summed E-state index contributed by atoms with van der Waals surface area (Å²) in [5.74, 6) is 1.04. The molecule has 4 heteroatoms. The normalized spacial score (nSPS) is 21.4. The Morgan fingerprint density at radius 3 is 2.76 bits per heavy atom. The van der Waals surface area contributed by atoms with Crippen LogP contribution in [0, 0.1) is 17.8 Å². The molecule has 114 valence electrons. The van der Waals surface area contributed by atoms with Crippen LogP contribution in [0.3, 0.4) is 0 Å². The van der Waals surface area contributed by atoms with Gasteiger partial charge in [0.1, 0.15) is 5.75 Å². The quantitative estimate of drug-likeness (QED) is 0.809. The lowest BCUT2D eigenvalue weighted by Gasteiger charge is -2.27. The van der Waals surface area contributed by atoms with Gasteiger partial charge in [-0.25, -0.2) is 0 Å². The number of benzene rings is 1. The highest BCUT2D eigenvalue weighted by molar-refractivity contribution is 5.71. The second-order valence-electron chi connectivity index (χ2n) is 6.40. The van der Waals surface area contributed by atoms with Gasteiger partial charge in [-0.2, -0.15) is 0 Å². The fraction of sp³-hybridized carbons (Fsp3) is 0.588. The van der Waals surface area contributed by atoms with Crippen LogP contribution in [0.2, 0.25) is 0 Å². The van der Waals surface area contributed by atoms with Crippen LogP contribution in [-0.4, -0.2) is 30.8 Å². The van der Waals surface area contributed by atoms with Gasteiger partial charge in [0, 0.05) is 19.0 Å². The summed E-state index contributed by atoms with van der Waals surface area (Å²) in [5, 5.41) is 12.6. The SMILES string of the molecule is CC(C(=O)O)C(c1cccc(OCC2CNC2)c1)C1CC1. The first-order chi connectivity index (χ1) is 10.1. The first-order valence-electron chi connectivity index (χ1n) is 7.81. The zero-order valence-corrected chi connectivity index (χ0v) is 12.4. The number of aliphatic carboxylic acids is 1. The van der Waals surface area contributed by atoms with Crippen molar-refractivity contribution in [3.63, 3.8) is 0 Å². The molecule has 0 aromatic heterocycles. The van der Waals surface area contributed by atoms with Crippen LogP contribution >= 0.6 is 0 Å². The Kier molecular flexibility index (Phi) is 4.15. The molecule has 1 saturated carbocycles. The monoisotopic (exact) mass is 289 g/mol. The van der Waals surface area contributed by atoms with Gasteiger partial charge < -0.3 is 15.2 Å². The fourth-order valence-corrected chi connectivity index (χ4v) is 3.07.